The molecule has 2 rings (SSSR count). The molecule has 0 spiro atoms. The Morgan fingerprint density at radius 3 is 2.70 bits per heavy atom. The first-order valence-corrected chi connectivity index (χ1v) is 6.72. The van der Waals surface area contributed by atoms with E-state index in [2.05, 4.69) is 5.32 Å². The van der Waals surface area contributed by atoms with Crippen LogP contribution in [0.3, 0.4) is 0 Å². The van der Waals surface area contributed by atoms with Crippen molar-refractivity contribution in [2.45, 2.75) is 13.0 Å². The van der Waals surface area contributed by atoms with Gasteiger partial charge in [0.15, 0.2) is 6.61 Å². The minimum absolute atomic E-state index is 0.204. The van der Waals surface area contributed by atoms with Crippen LogP contribution in [0.5, 0.6) is 0 Å². The van der Waals surface area contributed by atoms with Crippen molar-refractivity contribution in [1.29, 1.82) is 0 Å². The van der Waals surface area contributed by atoms with E-state index in [0.29, 0.717) is 5.76 Å². The second-order valence-corrected chi connectivity index (χ2v) is 4.66. The lowest BCUT2D eigenvalue weighted by atomic mass is 10.2. The van der Waals surface area contributed by atoms with Gasteiger partial charge in [0.05, 0.1) is 17.2 Å². The number of benzene rings is 1. The number of para-hydroxylation sites is 1. The molecule has 0 bridgehead atoms. The zero-order valence-electron chi connectivity index (χ0n) is 12.2. The normalized spacial score (nSPS) is 11.5. The molecule has 1 atom stereocenters. The molecule has 8 nitrogen and oxygen atoms in total. The van der Waals surface area contributed by atoms with Gasteiger partial charge >= 0.3 is 5.97 Å². The van der Waals surface area contributed by atoms with Crippen molar-refractivity contribution < 1.29 is 23.7 Å². The topological polar surface area (TPSA) is 112 Å². The van der Waals surface area contributed by atoms with Crippen LogP contribution in [0.15, 0.2) is 47.1 Å². The Kier molecular flexibility index (Phi) is 5.08. The van der Waals surface area contributed by atoms with Crippen LogP contribution in [0.25, 0.3) is 0 Å². The number of hydrogen-bond acceptors (Lipinski definition) is 6. The quantitative estimate of drug-likeness (QED) is 0.496. The number of nitrogens with one attached hydrogen (secondary N) is 1. The summed E-state index contributed by atoms with van der Waals surface area (Å²) in [6.07, 6.45) is 1.48. The zero-order chi connectivity index (χ0) is 16.8. The summed E-state index contributed by atoms with van der Waals surface area (Å²) in [6, 6.07) is 8.37. The molecule has 1 N–H and O–H groups in total. The standard InChI is InChI=1S/C15H14N2O6/c1-10(13-7-4-8-22-13)16-14(18)9-23-15(19)11-5-2-3-6-12(11)17(20)21/h2-8,10H,9H2,1H3,(H,16,18)/t10-/m0/s1. The molecule has 0 unspecified atom stereocenters. The first kappa shape index (κ1) is 16.2. The highest BCUT2D eigenvalue weighted by Gasteiger charge is 2.21. The van der Waals surface area contributed by atoms with E-state index >= 15 is 0 Å². The van der Waals surface area contributed by atoms with Crippen LogP contribution >= 0.6 is 0 Å². The fourth-order valence-corrected chi connectivity index (χ4v) is 1.91. The number of ether oxygens (including phenoxy) is 1. The van der Waals surface area contributed by atoms with Gasteiger partial charge in [0.1, 0.15) is 11.3 Å². The first-order valence-electron chi connectivity index (χ1n) is 6.72. The lowest BCUT2D eigenvalue weighted by molar-refractivity contribution is -0.385. The van der Waals surface area contributed by atoms with Gasteiger partial charge in [-0.2, -0.15) is 0 Å². The molecule has 1 heterocycles. The lowest BCUT2D eigenvalue weighted by Crippen LogP contribution is -2.31. The van der Waals surface area contributed by atoms with Crippen molar-refractivity contribution in [2.75, 3.05) is 6.61 Å². The van der Waals surface area contributed by atoms with Crippen molar-refractivity contribution in [3.63, 3.8) is 0 Å². The number of carbonyl (C=O) groups is 2. The van der Waals surface area contributed by atoms with Crippen LogP contribution in [0.1, 0.15) is 29.1 Å². The van der Waals surface area contributed by atoms with Crippen molar-refractivity contribution in [2.24, 2.45) is 0 Å². The zero-order valence-corrected chi connectivity index (χ0v) is 12.2. The predicted octanol–water partition coefficient (Wildman–Crippen LogP) is 2.22. The molecule has 1 amide bonds. The molecule has 0 fully saturated rings. The smallest absolute Gasteiger partial charge is 0.345 e. The van der Waals surface area contributed by atoms with Crippen LogP contribution in [-0.2, 0) is 9.53 Å². The molecule has 0 aliphatic heterocycles. The van der Waals surface area contributed by atoms with E-state index in [-0.39, 0.29) is 17.3 Å². The maximum atomic E-state index is 11.9. The van der Waals surface area contributed by atoms with Gasteiger partial charge in [-0.25, -0.2) is 4.79 Å². The molecule has 23 heavy (non-hydrogen) atoms. The van der Waals surface area contributed by atoms with Crippen molar-refractivity contribution >= 4 is 17.6 Å². The molecular weight excluding hydrogens is 304 g/mol. The number of nitro groups is 1. The third-order valence-corrected chi connectivity index (χ3v) is 3.00. The Hall–Kier alpha value is -3.16. The molecule has 1 aromatic carbocycles. The van der Waals surface area contributed by atoms with Crippen molar-refractivity contribution in [1.82, 2.24) is 5.32 Å². The summed E-state index contributed by atoms with van der Waals surface area (Å²) in [5.74, 6) is -0.915. The second-order valence-electron chi connectivity index (χ2n) is 4.66. The van der Waals surface area contributed by atoms with Crippen molar-refractivity contribution in [3.05, 3.63) is 64.1 Å². The van der Waals surface area contributed by atoms with Crippen LogP contribution < -0.4 is 5.32 Å². The molecule has 0 aliphatic carbocycles. The average Bonchev–Trinajstić information content (AvgIpc) is 3.07. The maximum absolute atomic E-state index is 11.9. The van der Waals surface area contributed by atoms with Gasteiger partial charge in [-0.3, -0.25) is 14.9 Å². The highest BCUT2D eigenvalue weighted by Crippen LogP contribution is 2.18. The van der Waals surface area contributed by atoms with E-state index in [1.54, 1.807) is 19.1 Å². The van der Waals surface area contributed by atoms with Gasteiger partial charge in [-0.05, 0) is 25.1 Å². The summed E-state index contributed by atoms with van der Waals surface area (Å²) >= 11 is 0. The number of rotatable bonds is 6. The number of nitro benzene ring substituents is 1. The fourth-order valence-electron chi connectivity index (χ4n) is 1.91. The van der Waals surface area contributed by atoms with Crippen LogP contribution in [0.2, 0.25) is 0 Å². The number of hydrogen-bond donors (Lipinski definition) is 1. The second kappa shape index (κ2) is 7.21. The molecule has 1 aromatic heterocycles. The Bertz CT molecular complexity index is 711. The number of carbonyl (C=O) groups excluding carboxylic acids is 2. The molecule has 0 aliphatic rings. The molecule has 0 saturated heterocycles. The molecule has 0 saturated carbocycles. The molecule has 0 radical (unpaired) electrons. The third-order valence-electron chi connectivity index (χ3n) is 3.00. The van der Waals surface area contributed by atoms with Crippen LogP contribution in [-0.4, -0.2) is 23.4 Å². The molecule has 120 valence electrons. The summed E-state index contributed by atoms with van der Waals surface area (Å²) in [7, 11) is 0. The lowest BCUT2D eigenvalue weighted by Gasteiger charge is -2.11. The van der Waals surface area contributed by atoms with Gasteiger partial charge in [0, 0.05) is 6.07 Å². The number of amides is 1. The summed E-state index contributed by atoms with van der Waals surface area (Å²) < 4.78 is 9.95. The minimum atomic E-state index is -0.932. The Morgan fingerprint density at radius 1 is 1.30 bits per heavy atom. The summed E-state index contributed by atoms with van der Waals surface area (Å²) in [5, 5.41) is 13.4. The molecule has 2 aromatic rings. The minimum Gasteiger partial charge on any atom is -0.467 e. The van der Waals surface area contributed by atoms with E-state index in [0.717, 1.165) is 0 Å². The van der Waals surface area contributed by atoms with E-state index in [4.69, 9.17) is 9.15 Å². The van der Waals surface area contributed by atoms with Gasteiger partial charge in [0.25, 0.3) is 11.6 Å². The Morgan fingerprint density at radius 2 is 2.04 bits per heavy atom. The van der Waals surface area contributed by atoms with Gasteiger partial charge in [-0.1, -0.05) is 12.1 Å². The summed E-state index contributed by atoms with van der Waals surface area (Å²) in [4.78, 5) is 33.8. The number of esters is 1. The predicted molar refractivity (Wildman–Crippen MR) is 78.6 cm³/mol. The highest BCUT2D eigenvalue weighted by molar-refractivity contribution is 5.95. The maximum Gasteiger partial charge on any atom is 0.345 e. The van der Waals surface area contributed by atoms with E-state index in [9.17, 15) is 19.7 Å². The molecular formula is C15H14N2O6. The average molecular weight is 318 g/mol. The van der Waals surface area contributed by atoms with Crippen LogP contribution in [0, 0.1) is 10.1 Å². The third kappa shape index (κ3) is 4.16. The highest BCUT2D eigenvalue weighted by atomic mass is 16.6. The summed E-state index contributed by atoms with van der Waals surface area (Å²) in [6.45, 7) is 1.16. The monoisotopic (exact) mass is 318 g/mol. The van der Waals surface area contributed by atoms with Gasteiger partial charge in [-0.15, -0.1) is 0 Å². The Balaban J connectivity index is 1.92. The van der Waals surface area contributed by atoms with E-state index < -0.39 is 23.4 Å². The largest absolute Gasteiger partial charge is 0.467 e. The van der Waals surface area contributed by atoms with E-state index in [1.807, 2.05) is 0 Å². The van der Waals surface area contributed by atoms with Gasteiger partial charge < -0.3 is 14.5 Å². The van der Waals surface area contributed by atoms with Gasteiger partial charge in [0.2, 0.25) is 0 Å². The fraction of sp³-hybridized carbons (Fsp3) is 0.200. The first-order chi connectivity index (χ1) is 11.0. The Labute approximate surface area is 131 Å². The van der Waals surface area contributed by atoms with Crippen LogP contribution in [0.4, 0.5) is 5.69 Å². The van der Waals surface area contributed by atoms with E-state index in [1.165, 1.54) is 30.5 Å². The molecule has 8 heteroatoms. The summed E-state index contributed by atoms with van der Waals surface area (Å²) in [5.41, 5.74) is -0.578. The SMILES string of the molecule is C[C@H](NC(=O)COC(=O)c1ccccc1[N+](=O)[O-])c1ccco1. The number of furan rings is 1. The van der Waals surface area contributed by atoms with Crippen molar-refractivity contribution in [3.8, 4) is 0 Å². The number of nitrogens with zero attached hydrogens (tertiary/aromatic N) is 1.